The number of primary amides is 1. The van der Waals surface area contributed by atoms with Gasteiger partial charge >= 0.3 is 12.1 Å². The summed E-state index contributed by atoms with van der Waals surface area (Å²) in [5.74, 6) is -0.0429. The number of hydrazine groups is 1. The first kappa shape index (κ1) is 17.7. The van der Waals surface area contributed by atoms with E-state index in [0.29, 0.717) is 12.5 Å². The fourth-order valence-corrected chi connectivity index (χ4v) is 3.18. The number of alkyl halides is 1. The van der Waals surface area contributed by atoms with Crippen LogP contribution in [0.5, 0.6) is 0 Å². The van der Waals surface area contributed by atoms with Crippen molar-refractivity contribution in [3.05, 3.63) is 0 Å². The van der Waals surface area contributed by atoms with Gasteiger partial charge in [0.15, 0.2) is 0 Å². The summed E-state index contributed by atoms with van der Waals surface area (Å²) >= 11 is 5.29. The number of carbonyl (C=O) groups is 2. The average Bonchev–Trinajstić information content (AvgIpc) is 2.18. The second-order valence-corrected chi connectivity index (χ2v) is 7.27. The van der Waals surface area contributed by atoms with Gasteiger partial charge in [0.1, 0.15) is 0 Å². The van der Waals surface area contributed by atoms with E-state index in [-0.39, 0.29) is 21.3 Å². The van der Waals surface area contributed by atoms with Crippen molar-refractivity contribution in [1.29, 1.82) is 0 Å². The van der Waals surface area contributed by atoms with Crippen LogP contribution < -0.4 is 11.1 Å². The Morgan fingerprint density at radius 2 is 1.53 bits per heavy atom. The Morgan fingerprint density at radius 1 is 1.11 bits per heavy atom. The number of hydrogen-bond acceptors (Lipinski definition) is 6. The van der Waals surface area contributed by atoms with Crippen molar-refractivity contribution in [2.24, 2.45) is 5.73 Å². The van der Waals surface area contributed by atoms with Crippen LogP contribution in [0.1, 0.15) is 0 Å². The third kappa shape index (κ3) is 5.08. The summed E-state index contributed by atoms with van der Waals surface area (Å²) in [6.45, 7) is -0.136. The lowest BCUT2D eigenvalue weighted by Crippen LogP contribution is -2.59. The van der Waals surface area contributed by atoms with Crippen LogP contribution in [0.25, 0.3) is 0 Å². The highest BCUT2D eigenvalue weighted by atomic mass is 35.5. The van der Waals surface area contributed by atoms with Crippen LogP contribution in [0.3, 0.4) is 0 Å². The van der Waals surface area contributed by atoms with Crippen LogP contribution in [0.15, 0.2) is 0 Å². The van der Waals surface area contributed by atoms with Crippen molar-refractivity contribution in [3.63, 3.8) is 0 Å². The van der Waals surface area contributed by atoms with Gasteiger partial charge < -0.3 is 11.1 Å². The Hall–Kier alpha value is -1.27. The number of amides is 4. The smallest absolute Gasteiger partial charge is 0.349 e. The molecule has 0 aromatic carbocycles. The lowest BCUT2D eigenvalue weighted by Gasteiger charge is -2.28. The van der Waals surface area contributed by atoms with Crippen LogP contribution in [-0.2, 0) is 20.0 Å². The van der Waals surface area contributed by atoms with E-state index in [1.54, 1.807) is 0 Å². The second kappa shape index (κ2) is 6.25. The van der Waals surface area contributed by atoms with Gasteiger partial charge in [-0.05, 0) is 0 Å². The molecule has 19 heavy (non-hydrogen) atoms. The monoisotopic (exact) mass is 336 g/mol. The lowest BCUT2D eigenvalue weighted by atomic mass is 10.7. The zero-order valence-electron chi connectivity index (χ0n) is 10.0. The Kier molecular flexibility index (Phi) is 5.83. The summed E-state index contributed by atoms with van der Waals surface area (Å²) in [5.41, 5.74) is 4.78. The molecule has 0 heterocycles. The molecule has 0 radical (unpaired) electrons. The number of rotatable bonds is 4. The number of urea groups is 2. The van der Waals surface area contributed by atoms with Crippen molar-refractivity contribution in [2.75, 3.05) is 24.9 Å². The highest BCUT2D eigenvalue weighted by Gasteiger charge is 2.38. The normalized spacial score (nSPS) is 11.7. The Bertz CT molecular complexity index is 558. The highest BCUT2D eigenvalue weighted by Crippen LogP contribution is 2.10. The van der Waals surface area contributed by atoms with Crippen LogP contribution in [0.4, 0.5) is 9.59 Å². The van der Waals surface area contributed by atoms with Crippen LogP contribution in [-0.4, -0.2) is 62.7 Å². The number of nitrogens with one attached hydrogen (secondary N) is 1. The number of halogens is 1. The molecule has 0 atom stereocenters. The van der Waals surface area contributed by atoms with Crippen molar-refractivity contribution in [1.82, 2.24) is 14.1 Å². The third-order valence-corrected chi connectivity index (χ3v) is 3.75. The number of carbonyl (C=O) groups excluding carboxylic acids is 2. The van der Waals surface area contributed by atoms with E-state index in [4.69, 9.17) is 17.3 Å². The molecular formula is C6H13ClN4O6S2. The molecule has 0 aromatic rings. The minimum Gasteiger partial charge on any atom is -0.349 e. The zero-order valence-corrected chi connectivity index (χ0v) is 12.4. The van der Waals surface area contributed by atoms with E-state index in [1.165, 1.54) is 0 Å². The molecule has 0 aliphatic heterocycles. The molecule has 0 unspecified atom stereocenters. The maximum atomic E-state index is 11.6. The minimum absolute atomic E-state index is 0.0429. The first-order chi connectivity index (χ1) is 8.42. The Morgan fingerprint density at radius 3 is 1.79 bits per heavy atom. The van der Waals surface area contributed by atoms with Gasteiger partial charge in [-0.15, -0.1) is 20.4 Å². The predicted octanol–water partition coefficient (Wildman–Crippen LogP) is -1.55. The quantitative estimate of drug-likeness (QED) is 0.469. The molecule has 10 nitrogen and oxygen atoms in total. The van der Waals surface area contributed by atoms with Crippen LogP contribution in [0, 0.1) is 0 Å². The van der Waals surface area contributed by atoms with Gasteiger partial charge in [-0.25, -0.2) is 26.4 Å². The van der Waals surface area contributed by atoms with Gasteiger partial charge in [-0.3, -0.25) is 0 Å². The first-order valence-electron chi connectivity index (χ1n) is 4.56. The SMILES string of the molecule is CS(=O)(=O)N(C(N)=O)N(C(=O)NCCCl)S(C)(=O)=O. The van der Waals surface area contributed by atoms with E-state index >= 15 is 0 Å². The van der Waals surface area contributed by atoms with Crippen LogP contribution >= 0.6 is 11.6 Å². The molecule has 0 saturated carbocycles. The molecule has 0 aromatic heterocycles. The summed E-state index contributed by atoms with van der Waals surface area (Å²) in [7, 11) is -8.80. The van der Waals surface area contributed by atoms with Gasteiger partial charge in [-0.1, -0.05) is 0 Å². The fraction of sp³-hybridized carbons (Fsp3) is 0.667. The van der Waals surface area contributed by atoms with E-state index in [2.05, 4.69) is 0 Å². The number of sulfonamides is 2. The molecule has 112 valence electrons. The summed E-state index contributed by atoms with van der Waals surface area (Å²) < 4.78 is 45.0. The molecule has 0 rings (SSSR count). The summed E-state index contributed by atoms with van der Waals surface area (Å²) in [6.07, 6.45) is 1.05. The van der Waals surface area contributed by atoms with Gasteiger partial charge in [-0.2, -0.15) is 0 Å². The summed E-state index contributed by atoms with van der Waals surface area (Å²) in [4.78, 5) is 22.7. The number of hydrogen-bond donors (Lipinski definition) is 2. The van der Waals surface area contributed by atoms with Crippen molar-refractivity contribution < 1.29 is 26.4 Å². The van der Waals surface area contributed by atoms with Crippen LogP contribution in [0.2, 0.25) is 0 Å². The summed E-state index contributed by atoms with van der Waals surface area (Å²) in [6, 6.07) is -3.01. The molecule has 0 aliphatic rings. The topological polar surface area (TPSA) is 147 Å². The molecular weight excluding hydrogens is 324 g/mol. The Labute approximate surface area is 115 Å². The molecule has 4 amide bonds. The standard InChI is InChI=1S/C6H13ClN4O6S2/c1-18(14,15)10(5(8)12)11(19(2,16)17)6(13)9-4-3-7/h3-4H2,1-2H3,(H2,8,12)(H,9,13). The number of nitrogens with zero attached hydrogens (tertiary/aromatic N) is 2. The molecule has 0 fully saturated rings. The highest BCUT2D eigenvalue weighted by molar-refractivity contribution is 7.92. The van der Waals surface area contributed by atoms with Gasteiger partial charge in [0.2, 0.25) is 0 Å². The lowest BCUT2D eigenvalue weighted by molar-refractivity contribution is 0.163. The van der Waals surface area contributed by atoms with Crippen molar-refractivity contribution in [2.45, 2.75) is 0 Å². The maximum Gasteiger partial charge on any atom is 0.351 e. The number of nitrogens with two attached hydrogens (primary N) is 1. The van der Waals surface area contributed by atoms with Gasteiger partial charge in [0.05, 0.1) is 12.5 Å². The Balaban J connectivity index is 5.73. The van der Waals surface area contributed by atoms with E-state index in [9.17, 15) is 26.4 Å². The maximum absolute atomic E-state index is 11.6. The van der Waals surface area contributed by atoms with E-state index in [1.807, 2.05) is 5.32 Å². The van der Waals surface area contributed by atoms with Crippen molar-refractivity contribution >= 4 is 43.7 Å². The molecule has 0 aliphatic carbocycles. The van der Waals surface area contributed by atoms with E-state index in [0.717, 1.165) is 0 Å². The predicted molar refractivity (Wildman–Crippen MR) is 67.1 cm³/mol. The van der Waals surface area contributed by atoms with Crippen molar-refractivity contribution in [3.8, 4) is 0 Å². The molecule has 0 spiro atoms. The van der Waals surface area contributed by atoms with Gasteiger partial charge in [0.25, 0.3) is 20.0 Å². The molecule has 0 bridgehead atoms. The largest absolute Gasteiger partial charge is 0.351 e. The van der Waals surface area contributed by atoms with E-state index < -0.39 is 32.1 Å². The first-order valence-corrected chi connectivity index (χ1v) is 8.79. The molecule has 3 N–H and O–H groups in total. The molecule has 13 heteroatoms. The fourth-order valence-electron chi connectivity index (χ4n) is 0.977. The second-order valence-electron chi connectivity index (χ2n) is 3.27. The summed E-state index contributed by atoms with van der Waals surface area (Å²) in [5, 5.41) is 2.01. The average molecular weight is 337 g/mol. The van der Waals surface area contributed by atoms with Gasteiger partial charge in [0, 0.05) is 12.4 Å². The third-order valence-electron chi connectivity index (χ3n) is 1.53. The molecule has 0 saturated heterocycles. The zero-order chi connectivity index (χ0) is 15.4. The minimum atomic E-state index is -4.40.